The van der Waals surface area contributed by atoms with E-state index in [9.17, 15) is 13.2 Å². The molecule has 1 aliphatic rings. The van der Waals surface area contributed by atoms with Crippen LogP contribution in [0.2, 0.25) is 0 Å². The Labute approximate surface area is 73.6 Å². The molecule has 1 saturated carbocycles. The molecular formula is C9H8F3N. The van der Waals surface area contributed by atoms with E-state index < -0.39 is 11.9 Å². The van der Waals surface area contributed by atoms with Crippen molar-refractivity contribution in [2.45, 2.75) is 24.9 Å². The van der Waals surface area contributed by atoms with Crippen molar-refractivity contribution >= 4 is 0 Å². The molecule has 1 heterocycles. The number of rotatable bonds is 1. The molecule has 13 heavy (non-hydrogen) atoms. The fraction of sp³-hybridized carbons (Fsp3) is 0.444. The third-order valence-corrected chi connectivity index (χ3v) is 2.12. The molecule has 1 nitrogen and oxygen atoms in total. The number of aromatic nitrogens is 1. The first-order valence-electron chi connectivity index (χ1n) is 4.10. The van der Waals surface area contributed by atoms with Gasteiger partial charge in [-0.3, -0.25) is 4.98 Å². The topological polar surface area (TPSA) is 12.9 Å². The first kappa shape index (κ1) is 8.53. The molecule has 0 bridgehead atoms. The molecule has 0 aliphatic heterocycles. The molecule has 0 aromatic carbocycles. The first-order chi connectivity index (χ1) is 6.07. The van der Waals surface area contributed by atoms with E-state index >= 15 is 0 Å². The van der Waals surface area contributed by atoms with Crippen LogP contribution in [0, 0.1) is 0 Å². The summed E-state index contributed by atoms with van der Waals surface area (Å²) < 4.78 is 36.6. The highest BCUT2D eigenvalue weighted by Gasteiger charge is 2.34. The first-order valence-corrected chi connectivity index (χ1v) is 4.10. The van der Waals surface area contributed by atoms with Crippen LogP contribution in [0.15, 0.2) is 18.3 Å². The van der Waals surface area contributed by atoms with Gasteiger partial charge in [-0.1, -0.05) is 0 Å². The lowest BCUT2D eigenvalue weighted by atomic mass is 10.1. The van der Waals surface area contributed by atoms with Crippen LogP contribution in [0.5, 0.6) is 0 Å². The van der Waals surface area contributed by atoms with Crippen LogP contribution in [0.25, 0.3) is 0 Å². The van der Waals surface area contributed by atoms with Crippen molar-refractivity contribution in [3.05, 3.63) is 29.6 Å². The maximum absolute atomic E-state index is 12.2. The highest BCUT2D eigenvalue weighted by atomic mass is 19.4. The van der Waals surface area contributed by atoms with Crippen molar-refractivity contribution in [2.24, 2.45) is 0 Å². The molecule has 1 fully saturated rings. The molecule has 0 radical (unpaired) electrons. The second kappa shape index (κ2) is 2.72. The quantitative estimate of drug-likeness (QED) is 0.658. The van der Waals surface area contributed by atoms with E-state index in [-0.39, 0.29) is 0 Å². The average molecular weight is 187 g/mol. The van der Waals surface area contributed by atoms with Crippen molar-refractivity contribution in [3.63, 3.8) is 0 Å². The van der Waals surface area contributed by atoms with Gasteiger partial charge in [-0.15, -0.1) is 0 Å². The van der Waals surface area contributed by atoms with Gasteiger partial charge in [-0.25, -0.2) is 0 Å². The van der Waals surface area contributed by atoms with Crippen LogP contribution in [-0.4, -0.2) is 4.98 Å². The summed E-state index contributed by atoms with van der Waals surface area (Å²) in [7, 11) is 0. The van der Waals surface area contributed by atoms with Crippen molar-refractivity contribution < 1.29 is 13.2 Å². The molecular weight excluding hydrogens is 179 g/mol. The number of halogens is 3. The van der Waals surface area contributed by atoms with Gasteiger partial charge in [0.25, 0.3) is 0 Å². The predicted octanol–water partition coefficient (Wildman–Crippen LogP) is 2.98. The smallest absolute Gasteiger partial charge is 0.252 e. The van der Waals surface area contributed by atoms with Crippen molar-refractivity contribution in [2.75, 3.05) is 0 Å². The number of nitrogens with zero attached hydrogens (tertiary/aromatic N) is 1. The Bertz CT molecular complexity index is 315. The second-order valence-electron chi connectivity index (χ2n) is 3.25. The van der Waals surface area contributed by atoms with Gasteiger partial charge in [-0.05, 0) is 36.5 Å². The largest absolute Gasteiger partial charge is 0.433 e. The fourth-order valence-corrected chi connectivity index (χ4v) is 1.27. The van der Waals surface area contributed by atoms with E-state index in [1.54, 1.807) is 6.07 Å². The van der Waals surface area contributed by atoms with Gasteiger partial charge in [-0.2, -0.15) is 13.2 Å². The molecule has 2 rings (SSSR count). The summed E-state index contributed by atoms with van der Waals surface area (Å²) in [6.45, 7) is 0. The molecule has 70 valence electrons. The third-order valence-electron chi connectivity index (χ3n) is 2.12. The molecule has 0 N–H and O–H groups in total. The Morgan fingerprint density at radius 3 is 2.54 bits per heavy atom. The third kappa shape index (κ3) is 1.82. The lowest BCUT2D eigenvalue weighted by Crippen LogP contribution is -2.07. The standard InChI is InChI=1S/C9H8F3N/c10-9(11,12)8-5-7(3-4-13-8)6-1-2-6/h3-6H,1-2H2. The molecule has 4 heteroatoms. The van der Waals surface area contributed by atoms with E-state index in [4.69, 9.17) is 0 Å². The Morgan fingerprint density at radius 1 is 1.31 bits per heavy atom. The summed E-state index contributed by atoms with van der Waals surface area (Å²) in [6.07, 6.45) is -1.08. The Balaban J connectivity index is 2.32. The monoisotopic (exact) mass is 187 g/mol. The lowest BCUT2D eigenvalue weighted by Gasteiger charge is -2.06. The van der Waals surface area contributed by atoms with Gasteiger partial charge in [0, 0.05) is 6.20 Å². The molecule has 0 atom stereocenters. The predicted molar refractivity (Wildman–Crippen MR) is 41.2 cm³/mol. The molecule has 1 aromatic rings. The summed E-state index contributed by atoms with van der Waals surface area (Å²) in [5.74, 6) is 0.337. The van der Waals surface area contributed by atoms with Gasteiger partial charge in [0.2, 0.25) is 0 Å². The van der Waals surface area contributed by atoms with Gasteiger partial charge < -0.3 is 0 Å². The summed E-state index contributed by atoms with van der Waals surface area (Å²) >= 11 is 0. The average Bonchev–Trinajstić information content (AvgIpc) is 2.85. The van der Waals surface area contributed by atoms with E-state index in [1.165, 1.54) is 6.20 Å². The fourth-order valence-electron chi connectivity index (χ4n) is 1.27. The minimum Gasteiger partial charge on any atom is -0.252 e. The van der Waals surface area contributed by atoms with E-state index in [0.29, 0.717) is 5.92 Å². The van der Waals surface area contributed by atoms with Gasteiger partial charge >= 0.3 is 6.18 Å². The van der Waals surface area contributed by atoms with Gasteiger partial charge in [0.15, 0.2) is 0 Å². The zero-order chi connectivity index (χ0) is 9.47. The highest BCUT2D eigenvalue weighted by Crippen LogP contribution is 2.41. The summed E-state index contributed by atoms with van der Waals surface area (Å²) in [5, 5.41) is 0. The molecule has 0 unspecified atom stereocenters. The van der Waals surface area contributed by atoms with E-state index in [1.807, 2.05) is 0 Å². The van der Waals surface area contributed by atoms with Gasteiger partial charge in [0.1, 0.15) is 5.69 Å². The molecule has 1 aliphatic carbocycles. The van der Waals surface area contributed by atoms with Crippen LogP contribution in [-0.2, 0) is 6.18 Å². The minimum absolute atomic E-state index is 0.337. The molecule has 1 aromatic heterocycles. The normalized spacial score (nSPS) is 17.5. The van der Waals surface area contributed by atoms with Crippen LogP contribution in [0.4, 0.5) is 13.2 Å². The lowest BCUT2D eigenvalue weighted by molar-refractivity contribution is -0.141. The SMILES string of the molecule is FC(F)(F)c1cc(C2CC2)ccn1. The van der Waals surface area contributed by atoms with Crippen molar-refractivity contribution in [3.8, 4) is 0 Å². The van der Waals surface area contributed by atoms with Gasteiger partial charge in [0.05, 0.1) is 0 Å². The summed E-state index contributed by atoms with van der Waals surface area (Å²) in [5.41, 5.74) is -0.0146. The van der Waals surface area contributed by atoms with Crippen molar-refractivity contribution in [1.82, 2.24) is 4.98 Å². The zero-order valence-electron chi connectivity index (χ0n) is 6.80. The van der Waals surface area contributed by atoms with Crippen LogP contribution in [0.1, 0.15) is 30.0 Å². The maximum atomic E-state index is 12.2. The summed E-state index contributed by atoms with van der Waals surface area (Å²) in [6, 6.07) is 2.81. The number of alkyl halides is 3. The van der Waals surface area contributed by atoms with Crippen LogP contribution in [0.3, 0.4) is 0 Å². The molecule has 0 amide bonds. The van der Waals surface area contributed by atoms with Crippen LogP contribution < -0.4 is 0 Å². The molecule has 0 saturated heterocycles. The Morgan fingerprint density at radius 2 is 2.00 bits per heavy atom. The zero-order valence-corrected chi connectivity index (χ0v) is 6.80. The molecule has 0 spiro atoms. The number of hydrogen-bond donors (Lipinski definition) is 0. The highest BCUT2D eigenvalue weighted by molar-refractivity contribution is 5.25. The maximum Gasteiger partial charge on any atom is 0.433 e. The summed E-state index contributed by atoms with van der Waals surface area (Å²) in [4.78, 5) is 3.30. The Kier molecular flexibility index (Phi) is 1.78. The Hall–Kier alpha value is -1.06. The van der Waals surface area contributed by atoms with Crippen LogP contribution >= 0.6 is 0 Å². The number of hydrogen-bond acceptors (Lipinski definition) is 1. The van der Waals surface area contributed by atoms with E-state index in [0.717, 1.165) is 24.5 Å². The van der Waals surface area contributed by atoms with Crippen molar-refractivity contribution in [1.29, 1.82) is 0 Å². The van der Waals surface area contributed by atoms with E-state index in [2.05, 4.69) is 4.98 Å². The minimum atomic E-state index is -4.31. The second-order valence-corrected chi connectivity index (χ2v) is 3.25. The number of pyridine rings is 1.